The highest BCUT2D eigenvalue weighted by molar-refractivity contribution is 5.80. The van der Waals surface area contributed by atoms with E-state index in [9.17, 15) is 0 Å². The molecule has 1 unspecified atom stereocenters. The van der Waals surface area contributed by atoms with Crippen LogP contribution in [0.25, 0.3) is 0 Å². The highest BCUT2D eigenvalue weighted by Crippen LogP contribution is 2.19. The smallest absolute Gasteiger partial charge is 0.191 e. The lowest BCUT2D eigenvalue weighted by molar-refractivity contribution is 0.0154. The summed E-state index contributed by atoms with van der Waals surface area (Å²) in [7, 11) is 1.88. The lowest BCUT2D eigenvalue weighted by atomic mass is 10.0. The molecule has 0 amide bonds. The van der Waals surface area contributed by atoms with Gasteiger partial charge in [0, 0.05) is 77.2 Å². The number of nitrogens with zero attached hydrogens (tertiary/aromatic N) is 4. The maximum atomic E-state index is 4.45. The summed E-state index contributed by atoms with van der Waals surface area (Å²) in [6, 6.07) is 11.9. The minimum Gasteiger partial charge on any atom is -0.371 e. The maximum absolute atomic E-state index is 4.45. The summed E-state index contributed by atoms with van der Waals surface area (Å²) in [5, 5.41) is 7.21. The normalized spacial score (nSPS) is 29.7. The molecule has 4 saturated heterocycles. The van der Waals surface area contributed by atoms with Gasteiger partial charge in [-0.25, -0.2) is 0 Å². The van der Waals surface area contributed by atoms with Crippen molar-refractivity contribution < 1.29 is 0 Å². The zero-order chi connectivity index (χ0) is 17.8. The van der Waals surface area contributed by atoms with Crippen LogP contribution in [0, 0.1) is 0 Å². The highest BCUT2D eigenvalue weighted by atomic mass is 15.4. The quantitative estimate of drug-likeness (QED) is 0.618. The van der Waals surface area contributed by atoms with E-state index in [1.807, 2.05) is 7.05 Å². The Hall–Kier alpha value is -1.79. The van der Waals surface area contributed by atoms with Gasteiger partial charge in [0.05, 0.1) is 0 Å². The zero-order valence-electron chi connectivity index (χ0n) is 15.9. The zero-order valence-corrected chi connectivity index (χ0v) is 15.9. The van der Waals surface area contributed by atoms with Crippen molar-refractivity contribution in [2.45, 2.75) is 24.9 Å². The number of piperazine rings is 3. The molecule has 0 aliphatic carbocycles. The molecule has 26 heavy (non-hydrogen) atoms. The standard InChI is InChI=1S/C20H32N6/c1-21-20(22-15-19-16-24-11-13-26(19)14-12-24)23-17-7-9-25(10-8-17)18-5-3-2-4-6-18/h2-6,17,19H,7-16H2,1H3,(H2,21,22,23). The minimum atomic E-state index is 0.507. The molecule has 4 aliphatic rings. The summed E-state index contributed by atoms with van der Waals surface area (Å²) in [4.78, 5) is 12.1. The first-order valence-electron chi connectivity index (χ1n) is 10.1. The van der Waals surface area contributed by atoms with Crippen molar-refractivity contribution in [3.63, 3.8) is 0 Å². The Morgan fingerprint density at radius 3 is 2.38 bits per heavy atom. The summed E-state index contributed by atoms with van der Waals surface area (Å²) in [6.45, 7) is 9.30. The molecule has 2 N–H and O–H groups in total. The van der Waals surface area contributed by atoms with Crippen LogP contribution in [-0.2, 0) is 0 Å². The molecule has 4 aliphatic heterocycles. The van der Waals surface area contributed by atoms with Crippen molar-refractivity contribution in [2.75, 3.05) is 64.3 Å². The summed E-state index contributed by atoms with van der Waals surface area (Å²) < 4.78 is 0. The molecule has 0 saturated carbocycles. The fourth-order valence-electron chi connectivity index (χ4n) is 4.44. The molecular formula is C20H32N6. The maximum Gasteiger partial charge on any atom is 0.191 e. The molecule has 6 nitrogen and oxygen atoms in total. The monoisotopic (exact) mass is 356 g/mol. The first kappa shape index (κ1) is 17.6. The Bertz CT molecular complexity index is 588. The number of hydrogen-bond donors (Lipinski definition) is 2. The van der Waals surface area contributed by atoms with Crippen molar-refractivity contribution in [3.8, 4) is 0 Å². The predicted octanol–water partition coefficient (Wildman–Crippen LogP) is 0.820. The van der Waals surface area contributed by atoms with Gasteiger partial charge in [0.2, 0.25) is 0 Å². The van der Waals surface area contributed by atoms with E-state index in [-0.39, 0.29) is 0 Å². The number of guanidine groups is 1. The second-order valence-electron chi connectivity index (χ2n) is 7.68. The van der Waals surface area contributed by atoms with Crippen LogP contribution in [0.15, 0.2) is 35.3 Å². The van der Waals surface area contributed by atoms with Crippen LogP contribution in [0.5, 0.6) is 0 Å². The van der Waals surface area contributed by atoms with Crippen molar-refractivity contribution in [1.29, 1.82) is 0 Å². The first-order chi connectivity index (χ1) is 12.8. The fraction of sp³-hybridized carbons (Fsp3) is 0.650. The Morgan fingerprint density at radius 2 is 1.77 bits per heavy atom. The van der Waals surface area contributed by atoms with E-state index >= 15 is 0 Å². The molecule has 0 spiro atoms. The second-order valence-corrected chi connectivity index (χ2v) is 7.68. The molecule has 4 heterocycles. The van der Waals surface area contributed by atoms with Gasteiger partial charge in [-0.3, -0.25) is 14.8 Å². The molecule has 142 valence electrons. The fourth-order valence-corrected chi connectivity index (χ4v) is 4.44. The van der Waals surface area contributed by atoms with Gasteiger partial charge in [-0.05, 0) is 25.0 Å². The van der Waals surface area contributed by atoms with Gasteiger partial charge < -0.3 is 15.5 Å². The van der Waals surface area contributed by atoms with Crippen LogP contribution < -0.4 is 15.5 Å². The largest absolute Gasteiger partial charge is 0.371 e. The van der Waals surface area contributed by atoms with E-state index in [4.69, 9.17) is 0 Å². The van der Waals surface area contributed by atoms with Gasteiger partial charge >= 0.3 is 0 Å². The number of para-hydroxylation sites is 1. The van der Waals surface area contributed by atoms with E-state index < -0.39 is 0 Å². The first-order valence-corrected chi connectivity index (χ1v) is 10.1. The molecule has 0 radical (unpaired) electrons. The number of nitrogens with one attached hydrogen (secondary N) is 2. The third kappa shape index (κ3) is 4.13. The van der Waals surface area contributed by atoms with Crippen LogP contribution in [0.3, 0.4) is 0 Å². The number of fused-ring (bicyclic) bond motifs is 3. The van der Waals surface area contributed by atoms with E-state index in [0.29, 0.717) is 12.1 Å². The number of hydrogen-bond acceptors (Lipinski definition) is 4. The van der Waals surface area contributed by atoms with E-state index in [0.717, 1.165) is 38.4 Å². The number of rotatable bonds is 4. The third-order valence-corrected chi connectivity index (χ3v) is 6.08. The van der Waals surface area contributed by atoms with E-state index in [1.165, 1.54) is 38.4 Å². The van der Waals surface area contributed by atoms with Gasteiger partial charge in [0.15, 0.2) is 5.96 Å². The van der Waals surface area contributed by atoms with Crippen molar-refractivity contribution >= 4 is 11.6 Å². The summed E-state index contributed by atoms with van der Waals surface area (Å²) >= 11 is 0. The lowest BCUT2D eigenvalue weighted by Crippen LogP contribution is -2.64. The van der Waals surface area contributed by atoms with Crippen molar-refractivity contribution in [3.05, 3.63) is 30.3 Å². The van der Waals surface area contributed by atoms with Gasteiger partial charge in [-0.15, -0.1) is 0 Å². The summed E-state index contributed by atoms with van der Waals surface area (Å²) in [5.41, 5.74) is 1.34. The Morgan fingerprint density at radius 1 is 1.04 bits per heavy atom. The number of piperidine rings is 1. The van der Waals surface area contributed by atoms with Crippen LogP contribution in [0.2, 0.25) is 0 Å². The molecule has 1 aromatic carbocycles. The SMILES string of the molecule is CN=C(NCC1CN2CCN1CC2)NC1CCN(c2ccccc2)CC1. The topological polar surface area (TPSA) is 46.1 Å². The Labute approximate surface area is 157 Å². The lowest BCUT2D eigenvalue weighted by Gasteiger charge is -2.47. The van der Waals surface area contributed by atoms with Crippen LogP contribution in [-0.4, -0.2) is 87.2 Å². The molecule has 1 aromatic rings. The highest BCUT2D eigenvalue weighted by Gasteiger charge is 2.31. The molecule has 0 aromatic heterocycles. The average molecular weight is 357 g/mol. The third-order valence-electron chi connectivity index (χ3n) is 6.08. The molecule has 2 bridgehead atoms. The van der Waals surface area contributed by atoms with Gasteiger partial charge in [0.25, 0.3) is 0 Å². The van der Waals surface area contributed by atoms with E-state index in [2.05, 4.69) is 60.7 Å². The van der Waals surface area contributed by atoms with Crippen molar-refractivity contribution in [2.24, 2.45) is 4.99 Å². The molecule has 5 rings (SSSR count). The van der Waals surface area contributed by atoms with Crippen molar-refractivity contribution in [1.82, 2.24) is 20.4 Å². The molecule has 6 heteroatoms. The van der Waals surface area contributed by atoms with Gasteiger partial charge in [0.1, 0.15) is 0 Å². The van der Waals surface area contributed by atoms with Gasteiger partial charge in [-0.2, -0.15) is 0 Å². The molecule has 1 atom stereocenters. The van der Waals surface area contributed by atoms with Gasteiger partial charge in [-0.1, -0.05) is 18.2 Å². The van der Waals surface area contributed by atoms with Crippen LogP contribution >= 0.6 is 0 Å². The predicted molar refractivity (Wildman–Crippen MR) is 108 cm³/mol. The van der Waals surface area contributed by atoms with Crippen LogP contribution in [0.1, 0.15) is 12.8 Å². The number of aliphatic imine (C=N–C) groups is 1. The number of benzene rings is 1. The Balaban J connectivity index is 1.22. The second kappa shape index (κ2) is 8.27. The Kier molecular flexibility index (Phi) is 5.60. The summed E-state index contributed by atoms with van der Waals surface area (Å²) in [5.74, 6) is 0.959. The molecular weight excluding hydrogens is 324 g/mol. The van der Waals surface area contributed by atoms with E-state index in [1.54, 1.807) is 0 Å². The summed E-state index contributed by atoms with van der Waals surface area (Å²) in [6.07, 6.45) is 2.30. The minimum absolute atomic E-state index is 0.507. The number of anilines is 1. The van der Waals surface area contributed by atoms with Crippen LogP contribution in [0.4, 0.5) is 5.69 Å². The average Bonchev–Trinajstić information content (AvgIpc) is 2.73. The molecule has 4 fully saturated rings.